The zero-order valence-electron chi connectivity index (χ0n) is 20.0. The molecule has 0 radical (unpaired) electrons. The largest absolute Gasteiger partial charge is 0.478 e. The first-order valence-corrected chi connectivity index (χ1v) is 12.9. The minimum absolute atomic E-state index is 0.0326. The van der Waals surface area contributed by atoms with Crippen molar-refractivity contribution >= 4 is 32.8 Å². The minimum atomic E-state index is -4.12. The topological polar surface area (TPSA) is 122 Å². The Morgan fingerprint density at radius 3 is 1.97 bits per heavy atom. The van der Waals surface area contributed by atoms with Gasteiger partial charge in [0.1, 0.15) is 0 Å². The Bertz CT molecular complexity index is 1740. The number of aryl methyl sites for hydroxylation is 2. The van der Waals surface area contributed by atoms with Crippen molar-refractivity contribution in [3.05, 3.63) is 102 Å². The number of carboxylic acid groups (broad SMARTS) is 1. The van der Waals surface area contributed by atoms with Gasteiger partial charge in [-0.3, -0.25) is 0 Å². The van der Waals surface area contributed by atoms with E-state index in [1.54, 1.807) is 32.0 Å². The predicted octanol–water partition coefficient (Wildman–Crippen LogP) is 5.47. The van der Waals surface area contributed by atoms with Crippen molar-refractivity contribution in [2.24, 2.45) is 0 Å². The van der Waals surface area contributed by atoms with Gasteiger partial charge in [0, 0.05) is 27.9 Å². The molecule has 0 saturated heterocycles. The van der Waals surface area contributed by atoms with E-state index in [9.17, 15) is 18.3 Å². The van der Waals surface area contributed by atoms with E-state index in [2.05, 4.69) is 14.7 Å². The van der Waals surface area contributed by atoms with Gasteiger partial charge in [0.05, 0.1) is 21.7 Å². The first-order chi connectivity index (χ1) is 17.7. The summed E-state index contributed by atoms with van der Waals surface area (Å²) in [5.74, 6) is -1.25. The van der Waals surface area contributed by atoms with Gasteiger partial charge in [-0.1, -0.05) is 60.7 Å². The molecule has 0 unspecified atom stereocenters. The van der Waals surface area contributed by atoms with E-state index >= 15 is 0 Å². The molecule has 0 aliphatic heterocycles. The van der Waals surface area contributed by atoms with E-state index in [0.717, 1.165) is 5.56 Å². The summed E-state index contributed by atoms with van der Waals surface area (Å²) in [6.45, 7) is 3.48. The number of rotatable bonds is 6. The number of sulfonamides is 1. The molecule has 0 bridgehead atoms. The lowest BCUT2D eigenvalue weighted by molar-refractivity contribution is 0.0699. The fourth-order valence-electron chi connectivity index (χ4n) is 4.27. The number of pyridine rings is 1. The quantitative estimate of drug-likeness (QED) is 0.310. The Balaban J connectivity index is 1.76. The average molecular weight is 511 g/mol. The number of carbonyl (C=O) groups is 1. The lowest BCUT2D eigenvalue weighted by Gasteiger charge is -2.16. The summed E-state index contributed by atoms with van der Waals surface area (Å²) in [6, 6.07) is 24.3. The van der Waals surface area contributed by atoms with E-state index in [-0.39, 0.29) is 21.8 Å². The number of fused-ring (bicyclic) bond motifs is 1. The molecule has 5 aromatic rings. The van der Waals surface area contributed by atoms with Crippen LogP contribution in [0.5, 0.6) is 0 Å². The van der Waals surface area contributed by atoms with Crippen molar-refractivity contribution in [2.45, 2.75) is 18.7 Å². The van der Waals surface area contributed by atoms with Gasteiger partial charge in [0.15, 0.2) is 0 Å². The lowest BCUT2D eigenvalue weighted by atomic mass is 9.92. The second kappa shape index (κ2) is 9.44. The van der Waals surface area contributed by atoms with Crippen LogP contribution in [0.15, 0.2) is 89.8 Å². The number of hydrogen-bond acceptors (Lipinski definition) is 6. The lowest BCUT2D eigenvalue weighted by Crippen LogP contribution is -2.16. The molecule has 5 rings (SSSR count). The van der Waals surface area contributed by atoms with Crippen molar-refractivity contribution in [3.8, 4) is 22.4 Å². The highest BCUT2D eigenvalue weighted by Crippen LogP contribution is 2.38. The normalized spacial score (nSPS) is 11.4. The van der Waals surface area contributed by atoms with Crippen LogP contribution in [0.4, 0.5) is 5.95 Å². The molecule has 0 spiro atoms. The van der Waals surface area contributed by atoms with Crippen LogP contribution in [0.25, 0.3) is 33.3 Å². The highest BCUT2D eigenvalue weighted by atomic mass is 32.2. The third-order valence-corrected chi connectivity index (χ3v) is 7.12. The molecule has 37 heavy (non-hydrogen) atoms. The first-order valence-electron chi connectivity index (χ1n) is 11.4. The van der Waals surface area contributed by atoms with Gasteiger partial charge in [-0.2, -0.15) is 0 Å². The van der Waals surface area contributed by atoms with Crippen LogP contribution >= 0.6 is 0 Å². The number of anilines is 1. The van der Waals surface area contributed by atoms with E-state index in [1.165, 1.54) is 18.2 Å². The maximum absolute atomic E-state index is 13.2. The van der Waals surface area contributed by atoms with Crippen molar-refractivity contribution in [1.29, 1.82) is 0 Å². The molecule has 3 aromatic carbocycles. The number of nitrogens with zero attached hydrogens (tertiary/aromatic N) is 3. The molecule has 8 nitrogen and oxygen atoms in total. The maximum atomic E-state index is 13.2. The van der Waals surface area contributed by atoms with E-state index < -0.39 is 16.0 Å². The fraction of sp³-hybridized carbons (Fsp3) is 0.0714. The summed E-state index contributed by atoms with van der Waals surface area (Å²) in [7, 11) is -4.12. The summed E-state index contributed by atoms with van der Waals surface area (Å²) in [6.07, 6.45) is 0. The van der Waals surface area contributed by atoms with Gasteiger partial charge in [-0.25, -0.2) is 32.9 Å². The number of aromatic carboxylic acids is 1. The van der Waals surface area contributed by atoms with Crippen molar-refractivity contribution in [2.75, 3.05) is 4.72 Å². The summed E-state index contributed by atoms with van der Waals surface area (Å²) in [5, 5.41) is 10.6. The first kappa shape index (κ1) is 24.1. The van der Waals surface area contributed by atoms with Gasteiger partial charge >= 0.3 is 5.97 Å². The van der Waals surface area contributed by atoms with E-state index in [0.29, 0.717) is 33.7 Å². The van der Waals surface area contributed by atoms with Crippen LogP contribution in [0.2, 0.25) is 0 Å². The summed E-state index contributed by atoms with van der Waals surface area (Å²) >= 11 is 0. The van der Waals surface area contributed by atoms with Crippen molar-refractivity contribution in [1.82, 2.24) is 15.0 Å². The van der Waals surface area contributed by atoms with Crippen molar-refractivity contribution in [3.63, 3.8) is 0 Å². The number of hydrogen-bond donors (Lipinski definition) is 2. The highest BCUT2D eigenvalue weighted by Gasteiger charge is 2.25. The van der Waals surface area contributed by atoms with Gasteiger partial charge < -0.3 is 5.11 Å². The third kappa shape index (κ3) is 4.76. The van der Waals surface area contributed by atoms with E-state index in [4.69, 9.17) is 4.98 Å². The summed E-state index contributed by atoms with van der Waals surface area (Å²) < 4.78 is 28.9. The maximum Gasteiger partial charge on any atom is 0.337 e. The zero-order chi connectivity index (χ0) is 26.2. The Hall–Kier alpha value is -4.63. The third-order valence-electron chi connectivity index (χ3n) is 5.80. The van der Waals surface area contributed by atoms with Crippen LogP contribution in [0.3, 0.4) is 0 Å². The smallest absolute Gasteiger partial charge is 0.337 e. The molecular formula is C28H22N4O4S. The molecule has 0 saturated carbocycles. The summed E-state index contributed by atoms with van der Waals surface area (Å²) in [5.41, 5.74) is 3.86. The monoisotopic (exact) mass is 510 g/mol. The predicted molar refractivity (Wildman–Crippen MR) is 142 cm³/mol. The highest BCUT2D eigenvalue weighted by molar-refractivity contribution is 7.92. The average Bonchev–Trinajstić information content (AvgIpc) is 2.87. The summed E-state index contributed by atoms with van der Waals surface area (Å²) in [4.78, 5) is 25.7. The second-order valence-electron chi connectivity index (χ2n) is 8.51. The van der Waals surface area contributed by atoms with Gasteiger partial charge in [0.25, 0.3) is 10.0 Å². The van der Waals surface area contributed by atoms with Gasteiger partial charge in [-0.15, -0.1) is 0 Å². The molecule has 2 aromatic heterocycles. The van der Waals surface area contributed by atoms with Crippen LogP contribution in [-0.4, -0.2) is 34.4 Å². The number of carboxylic acids is 1. The number of nitrogens with one attached hydrogen (secondary N) is 1. The molecule has 0 fully saturated rings. The molecule has 2 N–H and O–H groups in total. The van der Waals surface area contributed by atoms with Crippen molar-refractivity contribution < 1.29 is 18.3 Å². The fourth-order valence-corrected chi connectivity index (χ4v) is 5.24. The number of benzene rings is 3. The Kier molecular flexibility index (Phi) is 6.14. The molecule has 2 heterocycles. The molecule has 0 aliphatic rings. The standard InChI is InChI=1S/C28H22N4O4S/c1-17-15-18(2)30-28(29-17)32-37(35,36)21-13-14-23-22(16-21)25(27(33)34)24(19-9-5-3-6-10-19)26(31-23)20-11-7-4-8-12-20/h3-16H,1-2H3,(H,33,34)(H,29,30,32). The molecule has 0 atom stereocenters. The van der Waals surface area contributed by atoms with Crippen LogP contribution in [0, 0.1) is 13.8 Å². The molecular weight excluding hydrogens is 488 g/mol. The Labute approximate surface area is 213 Å². The van der Waals surface area contributed by atoms with Crippen LogP contribution in [0.1, 0.15) is 21.7 Å². The van der Waals surface area contributed by atoms with Gasteiger partial charge in [-0.05, 0) is 43.7 Å². The Morgan fingerprint density at radius 2 is 1.38 bits per heavy atom. The SMILES string of the molecule is Cc1cc(C)nc(NS(=O)(=O)c2ccc3nc(-c4ccccc4)c(-c4ccccc4)c(C(=O)O)c3c2)n1. The minimum Gasteiger partial charge on any atom is -0.478 e. The Morgan fingerprint density at radius 1 is 0.784 bits per heavy atom. The van der Waals surface area contributed by atoms with Crippen LogP contribution in [-0.2, 0) is 10.0 Å². The van der Waals surface area contributed by atoms with Gasteiger partial charge in [0.2, 0.25) is 5.95 Å². The second-order valence-corrected chi connectivity index (χ2v) is 10.2. The van der Waals surface area contributed by atoms with Crippen LogP contribution < -0.4 is 4.72 Å². The molecule has 9 heteroatoms. The zero-order valence-corrected chi connectivity index (χ0v) is 20.8. The molecule has 0 amide bonds. The van der Waals surface area contributed by atoms with E-state index in [1.807, 2.05) is 48.5 Å². The molecule has 184 valence electrons. The molecule has 0 aliphatic carbocycles. The number of aromatic nitrogens is 3.